The van der Waals surface area contributed by atoms with E-state index in [1.807, 2.05) is 51.5 Å². The summed E-state index contributed by atoms with van der Waals surface area (Å²) in [4.78, 5) is 4.35. The summed E-state index contributed by atoms with van der Waals surface area (Å²) < 4.78 is 12.9. The highest BCUT2D eigenvalue weighted by atomic mass is 127. The molecule has 0 aliphatic rings. The molecule has 2 aromatic rings. The predicted molar refractivity (Wildman–Crippen MR) is 111 cm³/mol. The second kappa shape index (κ2) is 10.8. The van der Waals surface area contributed by atoms with E-state index in [-0.39, 0.29) is 24.0 Å². The molecule has 0 amide bonds. The second-order valence-corrected chi connectivity index (χ2v) is 5.19. The Morgan fingerprint density at radius 3 is 2.68 bits per heavy atom. The van der Waals surface area contributed by atoms with Crippen molar-refractivity contribution in [3.63, 3.8) is 0 Å². The largest absolute Gasteiger partial charge is 0.494 e. The van der Waals surface area contributed by atoms with Gasteiger partial charge in [0.1, 0.15) is 11.5 Å². The fourth-order valence-corrected chi connectivity index (χ4v) is 2.23. The van der Waals surface area contributed by atoms with Crippen LogP contribution < -0.4 is 20.5 Å². The van der Waals surface area contributed by atoms with Gasteiger partial charge < -0.3 is 20.5 Å². The maximum Gasteiger partial charge on any atom is 0.193 e. The summed E-state index contributed by atoms with van der Waals surface area (Å²) in [6.07, 6.45) is 4.59. The second-order valence-electron chi connectivity index (χ2n) is 5.19. The number of aryl methyl sites for hydroxylation is 1. The van der Waals surface area contributed by atoms with E-state index in [4.69, 9.17) is 15.2 Å². The Hall–Kier alpha value is -1.97. The molecule has 7 nitrogen and oxygen atoms in total. The molecule has 8 heteroatoms. The molecule has 0 unspecified atom stereocenters. The van der Waals surface area contributed by atoms with E-state index in [0.29, 0.717) is 31.5 Å². The number of guanidine groups is 1. The number of aromatic nitrogens is 2. The van der Waals surface area contributed by atoms with Gasteiger partial charge in [0.05, 0.1) is 25.1 Å². The standard InChI is InChI=1S/C17H25N5O2.HI/c1-4-23-14-6-7-16(24-5-2)15(10-14)21-17(18)19-9-8-13-11-20-22(3)12-13;/h6-7,10-12H,4-5,8-9H2,1-3H3,(H3,18,19,21);1H. The molecule has 0 bridgehead atoms. The lowest BCUT2D eigenvalue weighted by molar-refractivity contribution is 0.332. The summed E-state index contributed by atoms with van der Waals surface area (Å²) in [6.45, 7) is 5.63. The molecule has 0 aliphatic carbocycles. The first-order valence-electron chi connectivity index (χ1n) is 8.06. The molecule has 0 atom stereocenters. The average molecular weight is 459 g/mol. The zero-order valence-corrected chi connectivity index (χ0v) is 17.2. The number of anilines is 1. The van der Waals surface area contributed by atoms with Crippen LogP contribution in [0.1, 0.15) is 19.4 Å². The van der Waals surface area contributed by atoms with Crippen molar-refractivity contribution < 1.29 is 9.47 Å². The van der Waals surface area contributed by atoms with E-state index < -0.39 is 0 Å². The SMILES string of the molecule is CCOc1ccc(OCC)c(NC(N)=NCCc2cnn(C)c2)c1.I. The normalized spacial score (nSPS) is 10.9. The number of rotatable bonds is 8. The van der Waals surface area contributed by atoms with E-state index in [1.54, 1.807) is 4.68 Å². The van der Waals surface area contributed by atoms with Gasteiger partial charge in [0, 0.05) is 25.9 Å². The van der Waals surface area contributed by atoms with Crippen molar-refractivity contribution in [1.29, 1.82) is 0 Å². The first kappa shape index (κ1) is 21.1. The molecule has 1 aromatic carbocycles. The van der Waals surface area contributed by atoms with Crippen LogP contribution in [0.3, 0.4) is 0 Å². The molecular formula is C17H26IN5O2. The Kier molecular flexibility index (Phi) is 9.11. The Bertz CT molecular complexity index is 687. The predicted octanol–water partition coefficient (Wildman–Crippen LogP) is 2.80. The maximum atomic E-state index is 5.99. The molecule has 1 heterocycles. The van der Waals surface area contributed by atoms with Crippen LogP contribution in [0.15, 0.2) is 35.6 Å². The molecule has 0 aliphatic heterocycles. The van der Waals surface area contributed by atoms with E-state index in [9.17, 15) is 0 Å². The van der Waals surface area contributed by atoms with E-state index in [1.165, 1.54) is 0 Å². The van der Waals surface area contributed by atoms with Crippen molar-refractivity contribution in [3.05, 3.63) is 36.2 Å². The van der Waals surface area contributed by atoms with Crippen molar-refractivity contribution in [2.45, 2.75) is 20.3 Å². The van der Waals surface area contributed by atoms with E-state index in [2.05, 4.69) is 15.4 Å². The quantitative estimate of drug-likeness (QED) is 0.360. The molecule has 0 saturated heterocycles. The van der Waals surface area contributed by atoms with Crippen LogP contribution in [0.2, 0.25) is 0 Å². The Morgan fingerprint density at radius 1 is 1.28 bits per heavy atom. The van der Waals surface area contributed by atoms with Gasteiger partial charge in [0.25, 0.3) is 0 Å². The van der Waals surface area contributed by atoms with Crippen LogP contribution in [0.4, 0.5) is 5.69 Å². The molecule has 1 aromatic heterocycles. The van der Waals surface area contributed by atoms with Crippen LogP contribution in [0.5, 0.6) is 11.5 Å². The third kappa shape index (κ3) is 6.81. The lowest BCUT2D eigenvalue weighted by Gasteiger charge is -2.13. The lowest BCUT2D eigenvalue weighted by atomic mass is 10.2. The number of hydrogen-bond donors (Lipinski definition) is 2. The first-order valence-corrected chi connectivity index (χ1v) is 8.06. The Morgan fingerprint density at radius 2 is 2.04 bits per heavy atom. The lowest BCUT2D eigenvalue weighted by Crippen LogP contribution is -2.23. The molecule has 2 rings (SSSR count). The third-order valence-corrected chi connectivity index (χ3v) is 3.27. The van der Waals surface area contributed by atoms with Crippen LogP contribution in [-0.4, -0.2) is 35.5 Å². The van der Waals surface area contributed by atoms with Crippen LogP contribution in [0, 0.1) is 0 Å². The summed E-state index contributed by atoms with van der Waals surface area (Å²) in [6, 6.07) is 5.59. The van der Waals surface area contributed by atoms with E-state index >= 15 is 0 Å². The van der Waals surface area contributed by atoms with Crippen molar-refractivity contribution in [3.8, 4) is 11.5 Å². The van der Waals surface area contributed by atoms with Gasteiger partial charge in [-0.3, -0.25) is 9.67 Å². The minimum Gasteiger partial charge on any atom is -0.494 e. The summed E-state index contributed by atoms with van der Waals surface area (Å²) in [5.41, 5.74) is 7.85. The van der Waals surface area contributed by atoms with Gasteiger partial charge in [-0.2, -0.15) is 5.10 Å². The highest BCUT2D eigenvalue weighted by Crippen LogP contribution is 2.29. The van der Waals surface area contributed by atoms with Gasteiger partial charge in [0.15, 0.2) is 5.96 Å². The fourth-order valence-electron chi connectivity index (χ4n) is 2.23. The number of halogens is 1. The zero-order valence-electron chi connectivity index (χ0n) is 14.9. The number of nitrogens with two attached hydrogens (primary N) is 1. The van der Waals surface area contributed by atoms with Gasteiger partial charge in [-0.15, -0.1) is 24.0 Å². The van der Waals surface area contributed by atoms with Gasteiger partial charge in [-0.25, -0.2) is 0 Å². The molecular weight excluding hydrogens is 433 g/mol. The topological polar surface area (TPSA) is 86.7 Å². The van der Waals surface area contributed by atoms with Gasteiger partial charge in [0.2, 0.25) is 0 Å². The van der Waals surface area contributed by atoms with Crippen LogP contribution in [0.25, 0.3) is 0 Å². The molecule has 3 N–H and O–H groups in total. The number of benzene rings is 1. The number of ether oxygens (including phenoxy) is 2. The highest BCUT2D eigenvalue weighted by molar-refractivity contribution is 14.0. The minimum atomic E-state index is 0. The van der Waals surface area contributed by atoms with Gasteiger partial charge in [-0.05, 0) is 38.0 Å². The van der Waals surface area contributed by atoms with Crippen molar-refractivity contribution in [1.82, 2.24) is 9.78 Å². The number of hydrogen-bond acceptors (Lipinski definition) is 4. The number of aliphatic imine (C=N–C) groups is 1. The highest BCUT2D eigenvalue weighted by Gasteiger charge is 2.07. The van der Waals surface area contributed by atoms with Gasteiger partial charge in [-0.1, -0.05) is 0 Å². The van der Waals surface area contributed by atoms with Crippen LogP contribution >= 0.6 is 24.0 Å². The van der Waals surface area contributed by atoms with Gasteiger partial charge >= 0.3 is 0 Å². The molecule has 0 saturated carbocycles. The molecule has 138 valence electrons. The number of nitrogens with one attached hydrogen (secondary N) is 1. The van der Waals surface area contributed by atoms with E-state index in [0.717, 1.165) is 23.4 Å². The molecule has 0 fully saturated rings. The summed E-state index contributed by atoms with van der Waals surface area (Å²) >= 11 is 0. The third-order valence-electron chi connectivity index (χ3n) is 3.27. The van der Waals surface area contributed by atoms with Crippen molar-refractivity contribution >= 4 is 35.6 Å². The first-order chi connectivity index (χ1) is 11.6. The number of nitrogens with zero attached hydrogens (tertiary/aromatic N) is 3. The summed E-state index contributed by atoms with van der Waals surface area (Å²) in [5, 5.41) is 7.22. The molecule has 0 radical (unpaired) electrons. The van der Waals surface area contributed by atoms with Crippen molar-refractivity contribution in [2.75, 3.05) is 25.1 Å². The fraction of sp³-hybridized carbons (Fsp3) is 0.412. The minimum absolute atomic E-state index is 0. The molecule has 25 heavy (non-hydrogen) atoms. The Balaban J connectivity index is 0.00000312. The smallest absolute Gasteiger partial charge is 0.193 e. The Labute approximate surface area is 165 Å². The maximum absolute atomic E-state index is 5.99. The summed E-state index contributed by atoms with van der Waals surface area (Å²) in [5.74, 6) is 1.81. The molecule has 0 spiro atoms. The van der Waals surface area contributed by atoms with Crippen molar-refractivity contribution in [2.24, 2.45) is 17.8 Å². The zero-order chi connectivity index (χ0) is 17.4. The van der Waals surface area contributed by atoms with Crippen LogP contribution in [-0.2, 0) is 13.5 Å². The summed E-state index contributed by atoms with van der Waals surface area (Å²) in [7, 11) is 1.89. The monoisotopic (exact) mass is 459 g/mol. The average Bonchev–Trinajstić information content (AvgIpc) is 2.96.